The molecule has 3 heterocycles. The van der Waals surface area contributed by atoms with Crippen LogP contribution in [0.2, 0.25) is 0 Å². The number of oxime groups is 1. The van der Waals surface area contributed by atoms with Crippen LogP contribution in [0.3, 0.4) is 0 Å². The van der Waals surface area contributed by atoms with Crippen LogP contribution in [0.5, 0.6) is 0 Å². The number of ether oxygens (including phenoxy) is 4. The highest BCUT2D eigenvalue weighted by atomic mass is 79.9. The van der Waals surface area contributed by atoms with Gasteiger partial charge in [0.2, 0.25) is 11.4 Å². The summed E-state index contributed by atoms with van der Waals surface area (Å²) in [5, 5.41) is 3.84. The van der Waals surface area contributed by atoms with E-state index in [1.54, 1.807) is 13.0 Å². The van der Waals surface area contributed by atoms with E-state index < -0.39 is 17.3 Å². The molecule has 2 spiro atoms. The third-order valence-electron chi connectivity index (χ3n) is 4.37. The highest BCUT2D eigenvalue weighted by molar-refractivity contribution is 9.11. The van der Waals surface area contributed by atoms with Crippen molar-refractivity contribution in [1.82, 2.24) is 0 Å². The van der Waals surface area contributed by atoms with Crippen LogP contribution in [0.15, 0.2) is 15.7 Å². The molecule has 120 valence electrons. The number of carbonyl (C=O) groups is 1. The molecule has 1 unspecified atom stereocenters. The first kappa shape index (κ1) is 14.6. The molecule has 2 fully saturated rings. The van der Waals surface area contributed by atoms with Crippen molar-refractivity contribution < 1.29 is 28.6 Å². The highest BCUT2D eigenvalue weighted by Gasteiger charge is 2.74. The van der Waals surface area contributed by atoms with Crippen LogP contribution in [0, 0.1) is 5.92 Å². The Morgan fingerprint density at radius 2 is 2.23 bits per heavy atom. The normalized spacial score (nSPS) is 41.0. The summed E-state index contributed by atoms with van der Waals surface area (Å²) in [6, 6.07) is 0. The van der Waals surface area contributed by atoms with Crippen molar-refractivity contribution in [2.45, 2.75) is 36.9 Å². The quantitative estimate of drug-likeness (QED) is 0.532. The van der Waals surface area contributed by atoms with Crippen LogP contribution in [0.4, 0.5) is 0 Å². The highest BCUT2D eigenvalue weighted by Crippen LogP contribution is 2.57. The van der Waals surface area contributed by atoms with E-state index in [2.05, 4.69) is 21.1 Å². The first-order valence-corrected chi connectivity index (χ1v) is 8.14. The van der Waals surface area contributed by atoms with Gasteiger partial charge in [0.15, 0.2) is 0 Å². The van der Waals surface area contributed by atoms with Crippen molar-refractivity contribution in [2.75, 3.05) is 19.8 Å². The van der Waals surface area contributed by atoms with Crippen molar-refractivity contribution in [1.29, 1.82) is 0 Å². The fourth-order valence-corrected chi connectivity index (χ4v) is 4.10. The van der Waals surface area contributed by atoms with E-state index in [0.29, 0.717) is 24.3 Å². The predicted octanol–water partition coefficient (Wildman–Crippen LogP) is 1.11. The second kappa shape index (κ2) is 5.02. The molecule has 0 aromatic carbocycles. The Kier molecular flexibility index (Phi) is 3.34. The summed E-state index contributed by atoms with van der Waals surface area (Å²) in [6.07, 6.45) is 3.40. The zero-order valence-corrected chi connectivity index (χ0v) is 13.6. The molecule has 0 aromatic rings. The minimum Gasteiger partial charge on any atom is -0.465 e. The molecule has 7 nitrogen and oxygen atoms in total. The number of esters is 1. The maximum atomic E-state index is 12.2. The Bertz CT molecular complexity index is 558. The van der Waals surface area contributed by atoms with Crippen LogP contribution in [-0.4, -0.2) is 55.6 Å². The largest absolute Gasteiger partial charge is 0.465 e. The molecule has 0 N–H and O–H groups in total. The Labute approximate surface area is 135 Å². The minimum absolute atomic E-state index is 0.301. The number of carbonyl (C=O) groups excluding carboxylic acids is 1. The molecule has 2 saturated heterocycles. The number of rotatable bonds is 2. The second-order valence-corrected chi connectivity index (χ2v) is 6.47. The number of hydrogen-bond donors (Lipinski definition) is 0. The fraction of sp³-hybridized carbons (Fsp3) is 0.714. The van der Waals surface area contributed by atoms with E-state index in [-0.39, 0.29) is 18.2 Å². The Balaban J connectivity index is 1.68. The van der Waals surface area contributed by atoms with Gasteiger partial charge in [0.25, 0.3) is 0 Å². The fourth-order valence-electron chi connectivity index (χ4n) is 3.29. The van der Waals surface area contributed by atoms with Gasteiger partial charge in [0, 0.05) is 0 Å². The van der Waals surface area contributed by atoms with Crippen LogP contribution < -0.4 is 0 Å². The minimum atomic E-state index is -0.995. The summed E-state index contributed by atoms with van der Waals surface area (Å²) < 4.78 is 23.3. The van der Waals surface area contributed by atoms with Gasteiger partial charge in [-0.2, -0.15) is 0 Å². The van der Waals surface area contributed by atoms with E-state index in [4.69, 9.17) is 23.8 Å². The van der Waals surface area contributed by atoms with Gasteiger partial charge in [-0.25, -0.2) is 0 Å². The maximum Gasteiger partial charge on any atom is 0.319 e. The molecular weight excluding hydrogens is 358 g/mol. The van der Waals surface area contributed by atoms with Gasteiger partial charge < -0.3 is 23.8 Å². The molecule has 1 aliphatic carbocycles. The standard InChI is InChI=1S/C14H16BrNO6/c1-2-18-12(17)8-7-16-22-13(8)6-9(15)14(11-10(13)21-11)19-4-3-5-20-14/h6-8,10-11H,2-5H2,1H3/t8?,10-,11+,13+/m0/s1. The lowest BCUT2D eigenvalue weighted by atomic mass is 9.78. The topological polar surface area (TPSA) is 78.9 Å². The molecule has 22 heavy (non-hydrogen) atoms. The van der Waals surface area contributed by atoms with Crippen molar-refractivity contribution >= 4 is 28.1 Å². The monoisotopic (exact) mass is 373 g/mol. The lowest BCUT2D eigenvalue weighted by Crippen LogP contribution is -2.56. The average Bonchev–Trinajstić information content (AvgIpc) is 3.24. The summed E-state index contributed by atoms with van der Waals surface area (Å²) in [7, 11) is 0. The van der Waals surface area contributed by atoms with Gasteiger partial charge in [-0.1, -0.05) is 5.16 Å². The van der Waals surface area contributed by atoms with E-state index in [1.807, 2.05) is 0 Å². The second-order valence-electron chi connectivity index (χ2n) is 5.62. The number of halogens is 1. The van der Waals surface area contributed by atoms with E-state index in [9.17, 15) is 4.79 Å². The third kappa shape index (κ3) is 1.84. The van der Waals surface area contributed by atoms with E-state index >= 15 is 0 Å². The molecule has 0 saturated carbocycles. The first-order chi connectivity index (χ1) is 10.6. The molecule has 3 aliphatic heterocycles. The SMILES string of the molecule is CCOC(=O)C1C=NO[C@]12C=C(Br)C1(OCCCO1)[C@@H]1O[C@@H]12. The lowest BCUT2D eigenvalue weighted by Gasteiger charge is -2.40. The molecular formula is C14H16BrNO6. The van der Waals surface area contributed by atoms with Gasteiger partial charge in [0.1, 0.15) is 18.1 Å². The Morgan fingerprint density at radius 3 is 2.95 bits per heavy atom. The summed E-state index contributed by atoms with van der Waals surface area (Å²) in [4.78, 5) is 17.7. The zero-order chi connectivity index (χ0) is 15.4. The van der Waals surface area contributed by atoms with Gasteiger partial charge in [-0.05, 0) is 35.4 Å². The van der Waals surface area contributed by atoms with Crippen LogP contribution >= 0.6 is 15.9 Å². The smallest absolute Gasteiger partial charge is 0.319 e. The zero-order valence-electron chi connectivity index (χ0n) is 12.0. The number of nitrogens with zero attached hydrogens (tertiary/aromatic N) is 1. The lowest BCUT2D eigenvalue weighted by molar-refractivity contribution is -0.250. The van der Waals surface area contributed by atoms with Gasteiger partial charge in [-0.3, -0.25) is 4.79 Å². The molecule has 0 amide bonds. The molecule has 8 heteroatoms. The average molecular weight is 374 g/mol. The molecule has 4 rings (SSSR count). The molecule has 0 radical (unpaired) electrons. The van der Waals surface area contributed by atoms with Crippen LogP contribution in [0.1, 0.15) is 13.3 Å². The van der Waals surface area contributed by atoms with Crippen LogP contribution in [0.25, 0.3) is 0 Å². The first-order valence-electron chi connectivity index (χ1n) is 7.34. The summed E-state index contributed by atoms with van der Waals surface area (Å²) in [5.74, 6) is -1.95. The van der Waals surface area contributed by atoms with E-state index in [0.717, 1.165) is 6.42 Å². The summed E-state index contributed by atoms with van der Waals surface area (Å²) >= 11 is 3.52. The van der Waals surface area contributed by atoms with Crippen molar-refractivity contribution in [3.63, 3.8) is 0 Å². The molecule has 0 aromatic heterocycles. The van der Waals surface area contributed by atoms with Crippen molar-refractivity contribution in [3.8, 4) is 0 Å². The molecule has 0 bridgehead atoms. The number of epoxide rings is 1. The number of fused-ring (bicyclic) bond motifs is 3. The summed E-state index contributed by atoms with van der Waals surface area (Å²) in [5.41, 5.74) is -0.995. The summed E-state index contributed by atoms with van der Waals surface area (Å²) in [6.45, 7) is 3.26. The van der Waals surface area contributed by atoms with Crippen molar-refractivity contribution in [2.24, 2.45) is 11.1 Å². The third-order valence-corrected chi connectivity index (χ3v) is 5.15. The molecule has 4 aliphatic rings. The van der Waals surface area contributed by atoms with Crippen molar-refractivity contribution in [3.05, 3.63) is 10.6 Å². The molecule has 4 atom stereocenters. The van der Waals surface area contributed by atoms with E-state index in [1.165, 1.54) is 6.21 Å². The van der Waals surface area contributed by atoms with Gasteiger partial charge in [0.05, 0.1) is 30.5 Å². The van der Waals surface area contributed by atoms with Gasteiger partial charge in [-0.15, -0.1) is 0 Å². The Morgan fingerprint density at radius 1 is 1.45 bits per heavy atom. The van der Waals surface area contributed by atoms with Gasteiger partial charge >= 0.3 is 5.97 Å². The predicted molar refractivity (Wildman–Crippen MR) is 77.4 cm³/mol. The maximum absolute atomic E-state index is 12.2. The Hall–Kier alpha value is -0.960. The van der Waals surface area contributed by atoms with Crippen LogP contribution in [-0.2, 0) is 28.6 Å². The number of hydrogen-bond acceptors (Lipinski definition) is 7.